The summed E-state index contributed by atoms with van der Waals surface area (Å²) in [7, 11) is -3.33. The lowest BCUT2D eigenvalue weighted by Gasteiger charge is -2.22. The average molecular weight is 601 g/mol. The second kappa shape index (κ2) is 16.2. The molecule has 1 atom stereocenters. The molecule has 0 spiro atoms. The summed E-state index contributed by atoms with van der Waals surface area (Å²) >= 11 is 0. The number of hydrogen-bond acceptors (Lipinski definition) is 5. The summed E-state index contributed by atoms with van der Waals surface area (Å²) in [4.78, 5) is 12.4. The highest BCUT2D eigenvalue weighted by atomic mass is 32.2. The van der Waals surface area contributed by atoms with Crippen molar-refractivity contribution in [1.29, 1.82) is 5.26 Å². The Morgan fingerprint density at radius 3 is 1.82 bits per heavy atom. The van der Waals surface area contributed by atoms with Crippen molar-refractivity contribution in [3.05, 3.63) is 29.3 Å². The van der Waals surface area contributed by atoms with Crippen molar-refractivity contribution in [1.82, 2.24) is 0 Å². The van der Waals surface area contributed by atoms with Crippen LogP contribution in [0.5, 0.6) is 0 Å². The van der Waals surface area contributed by atoms with Gasteiger partial charge < -0.3 is 10.4 Å². The highest BCUT2D eigenvalue weighted by Gasteiger charge is 2.35. The van der Waals surface area contributed by atoms with Crippen LogP contribution >= 0.6 is 0 Å². The number of carbonyl (C=O) groups excluding carboxylic acids is 1. The number of hydrogen-bond donors (Lipinski definition) is 2. The average Bonchev–Trinajstić information content (AvgIpc) is 2.84. The van der Waals surface area contributed by atoms with Crippen LogP contribution in [0.25, 0.3) is 0 Å². The fourth-order valence-corrected chi connectivity index (χ4v) is 5.60. The van der Waals surface area contributed by atoms with Gasteiger partial charge in [-0.15, -0.1) is 0 Å². The molecule has 1 amide bonds. The SMILES string of the molecule is CC(O)(CCCCCCCCCCCS(=O)(=O)CCCCC(F)(F)F)C(=O)Nc1ccc(C#N)c(C(F)(F)F)c1. The fourth-order valence-electron chi connectivity index (χ4n) is 4.11. The van der Waals surface area contributed by atoms with Gasteiger partial charge in [0.05, 0.1) is 28.7 Å². The van der Waals surface area contributed by atoms with Crippen molar-refractivity contribution >= 4 is 21.4 Å². The van der Waals surface area contributed by atoms with E-state index in [9.17, 15) is 44.7 Å². The van der Waals surface area contributed by atoms with Gasteiger partial charge in [0.25, 0.3) is 5.91 Å². The molecule has 6 nitrogen and oxygen atoms in total. The molecular formula is C27H38F6N2O4S. The van der Waals surface area contributed by atoms with Crippen molar-refractivity contribution in [2.24, 2.45) is 0 Å². The molecule has 1 aromatic carbocycles. The molecule has 0 saturated heterocycles. The van der Waals surface area contributed by atoms with Crippen LogP contribution in [0.15, 0.2) is 18.2 Å². The Labute approximate surface area is 232 Å². The molecule has 0 aliphatic rings. The number of alkyl halides is 6. The number of benzene rings is 1. The molecule has 228 valence electrons. The first-order chi connectivity index (χ1) is 18.5. The predicted octanol–water partition coefficient (Wildman–Crippen LogP) is 7.31. The standard InChI is InChI=1S/C27H38F6N2O4S/c1-25(37,24(36)35-22-14-13-21(20-34)23(19-22)27(31,32)33)15-9-7-5-3-2-4-6-8-11-17-40(38,39)18-12-10-16-26(28,29)30/h13-14,19,37H,2-12,15-18H2,1H3,(H,35,36). The lowest BCUT2D eigenvalue weighted by molar-refractivity contribution is -0.138. The van der Waals surface area contributed by atoms with E-state index in [2.05, 4.69) is 5.32 Å². The number of nitrogens with zero attached hydrogens (tertiary/aromatic N) is 1. The number of amides is 1. The van der Waals surface area contributed by atoms with Gasteiger partial charge in [-0.1, -0.05) is 51.4 Å². The Morgan fingerprint density at radius 1 is 0.850 bits per heavy atom. The van der Waals surface area contributed by atoms with E-state index in [1.807, 2.05) is 0 Å². The third kappa shape index (κ3) is 14.9. The lowest BCUT2D eigenvalue weighted by Crippen LogP contribution is -2.40. The molecule has 0 saturated carbocycles. The van der Waals surface area contributed by atoms with Crippen LogP contribution < -0.4 is 5.32 Å². The number of carbonyl (C=O) groups is 1. The van der Waals surface area contributed by atoms with Gasteiger partial charge in [-0.2, -0.15) is 31.6 Å². The first-order valence-electron chi connectivity index (χ1n) is 13.4. The van der Waals surface area contributed by atoms with E-state index in [1.54, 1.807) is 0 Å². The van der Waals surface area contributed by atoms with Gasteiger partial charge in [-0.3, -0.25) is 4.79 Å². The molecule has 1 unspecified atom stereocenters. The van der Waals surface area contributed by atoms with Crippen molar-refractivity contribution in [2.75, 3.05) is 16.8 Å². The number of nitrogens with one attached hydrogen (secondary N) is 1. The van der Waals surface area contributed by atoms with E-state index in [-0.39, 0.29) is 36.5 Å². The van der Waals surface area contributed by atoms with Crippen LogP contribution in [0.2, 0.25) is 0 Å². The molecule has 1 aromatic rings. The summed E-state index contributed by atoms with van der Waals surface area (Å²) in [6, 6.07) is 4.25. The summed E-state index contributed by atoms with van der Waals surface area (Å²) in [5.74, 6) is -1.07. The first kappa shape index (κ1) is 35.7. The second-order valence-corrected chi connectivity index (χ2v) is 12.6. The Hall–Kier alpha value is -2.33. The van der Waals surface area contributed by atoms with E-state index in [1.165, 1.54) is 19.1 Å². The second-order valence-electron chi connectivity index (χ2n) is 10.3. The van der Waals surface area contributed by atoms with Gasteiger partial charge in [0.2, 0.25) is 0 Å². The predicted molar refractivity (Wildman–Crippen MR) is 140 cm³/mol. The van der Waals surface area contributed by atoms with Crippen molar-refractivity contribution < 1.29 is 44.7 Å². The van der Waals surface area contributed by atoms with Crippen LogP contribution in [0, 0.1) is 11.3 Å². The third-order valence-corrected chi connectivity index (χ3v) is 8.30. The van der Waals surface area contributed by atoms with Crippen LogP contribution in [-0.4, -0.2) is 42.7 Å². The quantitative estimate of drug-likeness (QED) is 0.136. The molecular weight excluding hydrogens is 562 g/mol. The highest BCUT2D eigenvalue weighted by molar-refractivity contribution is 7.91. The van der Waals surface area contributed by atoms with Gasteiger partial charge in [0.15, 0.2) is 0 Å². The van der Waals surface area contributed by atoms with Crippen LogP contribution in [0.1, 0.15) is 102 Å². The molecule has 1 rings (SSSR count). The maximum Gasteiger partial charge on any atom is 0.417 e. The Bertz CT molecular complexity index is 1080. The van der Waals surface area contributed by atoms with Crippen LogP contribution in [0.4, 0.5) is 32.0 Å². The van der Waals surface area contributed by atoms with Crippen LogP contribution in [-0.2, 0) is 20.8 Å². The number of aliphatic hydroxyl groups is 1. The first-order valence-corrected chi connectivity index (χ1v) is 15.2. The molecule has 0 aromatic heterocycles. The Balaban J connectivity index is 2.20. The molecule has 0 heterocycles. The summed E-state index contributed by atoms with van der Waals surface area (Å²) < 4.78 is 99.4. The topological polar surface area (TPSA) is 107 Å². The van der Waals surface area contributed by atoms with E-state index >= 15 is 0 Å². The van der Waals surface area contributed by atoms with Gasteiger partial charge in [0.1, 0.15) is 15.4 Å². The van der Waals surface area contributed by atoms with E-state index < -0.39 is 51.2 Å². The summed E-state index contributed by atoms with van der Waals surface area (Å²) in [6.07, 6.45) is -3.09. The molecule has 0 bridgehead atoms. The maximum atomic E-state index is 13.1. The van der Waals surface area contributed by atoms with E-state index in [4.69, 9.17) is 5.26 Å². The van der Waals surface area contributed by atoms with Crippen molar-refractivity contribution in [3.63, 3.8) is 0 Å². The monoisotopic (exact) mass is 600 g/mol. The summed E-state index contributed by atoms with van der Waals surface area (Å²) in [5, 5.41) is 21.6. The summed E-state index contributed by atoms with van der Waals surface area (Å²) in [6.45, 7) is 1.29. The number of sulfone groups is 1. The Morgan fingerprint density at radius 2 is 1.32 bits per heavy atom. The molecule has 0 aliphatic heterocycles. The molecule has 40 heavy (non-hydrogen) atoms. The third-order valence-electron chi connectivity index (χ3n) is 6.48. The van der Waals surface area contributed by atoms with Crippen molar-refractivity contribution in [3.8, 4) is 6.07 Å². The largest absolute Gasteiger partial charge is 0.417 e. The normalized spacial score (nSPS) is 14.0. The highest BCUT2D eigenvalue weighted by Crippen LogP contribution is 2.34. The fraction of sp³-hybridized carbons (Fsp3) is 0.704. The molecule has 0 fully saturated rings. The molecule has 0 aliphatic carbocycles. The number of halogens is 6. The van der Waals surface area contributed by atoms with Gasteiger partial charge in [0, 0.05) is 12.1 Å². The van der Waals surface area contributed by atoms with Gasteiger partial charge >= 0.3 is 12.4 Å². The number of unbranched alkanes of at least 4 members (excludes halogenated alkanes) is 9. The molecule has 13 heteroatoms. The number of anilines is 1. The van der Waals surface area contributed by atoms with Crippen LogP contribution in [0.3, 0.4) is 0 Å². The minimum absolute atomic E-state index is 0.0127. The smallest absolute Gasteiger partial charge is 0.380 e. The van der Waals surface area contributed by atoms with E-state index in [0.29, 0.717) is 18.9 Å². The minimum Gasteiger partial charge on any atom is -0.380 e. The zero-order chi connectivity index (χ0) is 30.5. The zero-order valence-electron chi connectivity index (χ0n) is 22.6. The number of rotatable bonds is 18. The summed E-state index contributed by atoms with van der Waals surface area (Å²) in [5.41, 5.74) is -3.70. The number of nitriles is 1. The molecule has 2 N–H and O–H groups in total. The van der Waals surface area contributed by atoms with Gasteiger partial charge in [-0.05, 0) is 50.8 Å². The van der Waals surface area contributed by atoms with Gasteiger partial charge in [-0.25, -0.2) is 8.42 Å². The minimum atomic E-state index is -4.76. The zero-order valence-corrected chi connectivity index (χ0v) is 23.5. The molecule has 0 radical (unpaired) electrons. The van der Waals surface area contributed by atoms with Crippen molar-refractivity contribution in [2.45, 2.75) is 108 Å². The maximum absolute atomic E-state index is 13.1. The Kier molecular flexibility index (Phi) is 14.5. The van der Waals surface area contributed by atoms with E-state index in [0.717, 1.165) is 51.0 Å². The lowest BCUT2D eigenvalue weighted by atomic mass is 9.96.